The molecule has 0 saturated heterocycles. The van der Waals surface area contributed by atoms with Crippen molar-refractivity contribution in [1.29, 1.82) is 0 Å². The van der Waals surface area contributed by atoms with Gasteiger partial charge >= 0.3 is 0 Å². The molecule has 0 saturated carbocycles. The smallest absolute Gasteiger partial charge is 0.278 e. The van der Waals surface area contributed by atoms with Gasteiger partial charge in [-0.15, -0.1) is 5.26 Å². The second-order valence-electron chi connectivity index (χ2n) is 14.2. The van der Waals surface area contributed by atoms with Crippen molar-refractivity contribution in [3.05, 3.63) is 87.9 Å². The van der Waals surface area contributed by atoms with Crippen LogP contribution in [0.2, 0.25) is 0 Å². The first-order valence-electron chi connectivity index (χ1n) is 14.1. The van der Waals surface area contributed by atoms with Crippen LogP contribution in [0.3, 0.4) is 0 Å². The standard InChI is InChI=1S/C18H21NO.C11H12O.C7H11NO/c1-17(2,3)16(20)15(19-6)13-11-18(4,5)14-10-8-7-9-12(13)14;1-11(2)7-10(12)8-5-3-4-6-9(8)11;1-7(2,3)6(9)4-5-8/h7-10H,11H2,1-5H3;3-6H,7H2,1-2H3;4H2,1-3H3/p+1/b15-13-;;. The fraction of sp³-hybridized carbons (Fsp3) is 0.472. The quantitative estimate of drug-likeness (QED) is 0.324. The highest BCUT2D eigenvalue weighted by atomic mass is 16.1. The Morgan fingerprint density at radius 3 is 1.71 bits per heavy atom. The van der Waals surface area contributed by atoms with E-state index >= 15 is 0 Å². The van der Waals surface area contributed by atoms with Crippen LogP contribution in [0, 0.1) is 23.5 Å². The first-order valence-corrected chi connectivity index (χ1v) is 14.1. The summed E-state index contributed by atoms with van der Waals surface area (Å²) in [5, 5.41) is 6.54. The zero-order valence-corrected chi connectivity index (χ0v) is 26.4. The second kappa shape index (κ2) is 12.4. The van der Waals surface area contributed by atoms with E-state index in [2.05, 4.69) is 50.7 Å². The monoisotopic (exact) mass is 553 g/mol. The minimum atomic E-state index is -0.519. The highest BCUT2D eigenvalue weighted by Crippen LogP contribution is 2.47. The fourth-order valence-corrected chi connectivity index (χ4v) is 5.04. The summed E-state index contributed by atoms with van der Waals surface area (Å²) in [4.78, 5) is 38.5. The number of Topliss-reactive ketones (excluding diaryl/α,β-unsaturated/α-hetero) is 3. The lowest BCUT2D eigenvalue weighted by molar-refractivity contribution is -0.127. The highest BCUT2D eigenvalue weighted by Gasteiger charge is 2.38. The molecule has 0 amide bonds. The Hall–Kier alpha value is -3.83. The normalized spacial score (nSPS) is 17.3. The molecule has 2 aliphatic rings. The fourth-order valence-electron chi connectivity index (χ4n) is 5.04. The summed E-state index contributed by atoms with van der Waals surface area (Å²) in [6.45, 7) is 27.2. The van der Waals surface area contributed by atoms with Crippen molar-refractivity contribution >= 4 is 22.9 Å². The SMILES string of the molecule is CC(C)(C)C(=O)CC#[NH+].CC1(C)CC(=O)c2ccccc21.[C-]#[N+]/C(C(=O)C(C)(C)C)=C1/CC(C)(C)c2ccccc21. The van der Waals surface area contributed by atoms with Crippen LogP contribution in [0.5, 0.6) is 0 Å². The van der Waals surface area contributed by atoms with Gasteiger partial charge in [-0.25, -0.2) is 4.85 Å². The molecule has 1 N–H and O–H groups in total. The van der Waals surface area contributed by atoms with Gasteiger partial charge in [0.1, 0.15) is 6.42 Å². The number of carbonyl (C=O) groups is 3. The number of fused-ring (bicyclic) bond motifs is 2. The van der Waals surface area contributed by atoms with E-state index in [9.17, 15) is 14.4 Å². The van der Waals surface area contributed by atoms with E-state index in [-0.39, 0.29) is 40.0 Å². The predicted octanol–water partition coefficient (Wildman–Crippen LogP) is 6.93. The summed E-state index contributed by atoms with van der Waals surface area (Å²) in [5.41, 5.74) is 4.86. The van der Waals surface area contributed by atoms with E-state index in [4.69, 9.17) is 11.8 Å². The molecular weight excluding hydrogens is 508 g/mol. The molecule has 5 heteroatoms. The molecule has 0 aliphatic heterocycles. The molecule has 0 bridgehead atoms. The van der Waals surface area contributed by atoms with Crippen molar-refractivity contribution in [2.75, 3.05) is 0 Å². The number of hydrogen-bond acceptors (Lipinski definition) is 3. The van der Waals surface area contributed by atoms with E-state index in [1.807, 2.05) is 77.9 Å². The lowest BCUT2D eigenvalue weighted by Gasteiger charge is -2.19. The number of carbonyl (C=O) groups excluding carboxylic acids is 3. The van der Waals surface area contributed by atoms with Gasteiger partial charge in [-0.05, 0) is 39.5 Å². The van der Waals surface area contributed by atoms with Crippen molar-refractivity contribution in [3.63, 3.8) is 0 Å². The van der Waals surface area contributed by atoms with Crippen molar-refractivity contribution in [1.82, 2.24) is 0 Å². The molecule has 0 radical (unpaired) electrons. The average Bonchev–Trinajstić information content (AvgIpc) is 3.28. The highest BCUT2D eigenvalue weighted by molar-refractivity contribution is 6.08. The number of ketones is 3. The molecule has 0 fully saturated rings. The Labute approximate surface area is 246 Å². The van der Waals surface area contributed by atoms with Gasteiger partial charge in [-0.1, -0.05) is 118 Å². The van der Waals surface area contributed by atoms with E-state index in [1.54, 1.807) is 0 Å². The zero-order chi connectivity index (χ0) is 31.4. The Morgan fingerprint density at radius 1 is 0.829 bits per heavy atom. The van der Waals surface area contributed by atoms with Crippen LogP contribution < -0.4 is 5.26 Å². The van der Waals surface area contributed by atoms with Crippen molar-refractivity contribution in [2.24, 2.45) is 10.8 Å². The van der Waals surface area contributed by atoms with Crippen LogP contribution in [-0.4, -0.2) is 17.3 Å². The molecule has 0 aromatic heterocycles. The van der Waals surface area contributed by atoms with Crippen LogP contribution in [-0.2, 0) is 20.4 Å². The number of benzene rings is 2. The first kappa shape index (κ1) is 33.4. The lowest BCUT2D eigenvalue weighted by Crippen LogP contribution is -2.23. The number of nitrogens with one attached hydrogen (secondary N) is 1. The molecular formula is C36H45N2O3+. The van der Waals surface area contributed by atoms with Gasteiger partial charge in [-0.2, -0.15) is 0 Å². The van der Waals surface area contributed by atoms with Gasteiger partial charge in [0.05, 0.1) is 6.57 Å². The largest absolute Gasteiger partial charge is 0.307 e. The third-order valence-electron chi connectivity index (χ3n) is 7.54. The summed E-state index contributed by atoms with van der Waals surface area (Å²) in [5.74, 6) is 0.295. The van der Waals surface area contributed by atoms with E-state index < -0.39 is 5.41 Å². The van der Waals surface area contributed by atoms with E-state index in [1.165, 1.54) is 11.1 Å². The third-order valence-corrected chi connectivity index (χ3v) is 7.54. The Kier molecular flexibility index (Phi) is 10.1. The van der Waals surface area contributed by atoms with E-state index in [0.717, 1.165) is 23.1 Å². The van der Waals surface area contributed by atoms with E-state index in [0.29, 0.717) is 12.1 Å². The molecule has 0 atom stereocenters. The molecule has 2 aromatic rings. The molecule has 2 aromatic carbocycles. The zero-order valence-electron chi connectivity index (χ0n) is 26.4. The maximum absolute atomic E-state index is 12.5. The number of nitrogens with zero attached hydrogens (tertiary/aromatic N) is 1. The van der Waals surface area contributed by atoms with Crippen molar-refractivity contribution in [3.8, 4) is 6.07 Å². The van der Waals surface area contributed by atoms with Gasteiger partial charge in [0.2, 0.25) is 5.70 Å². The number of hydrogen-bond donors (Lipinski definition) is 1. The third kappa shape index (κ3) is 7.89. The van der Waals surface area contributed by atoms with Gasteiger partial charge < -0.3 is 4.79 Å². The van der Waals surface area contributed by atoms with Crippen LogP contribution in [0.4, 0.5) is 0 Å². The van der Waals surface area contributed by atoms with Crippen LogP contribution in [0.15, 0.2) is 54.2 Å². The van der Waals surface area contributed by atoms with Crippen molar-refractivity contribution in [2.45, 2.75) is 99.3 Å². The summed E-state index contributed by atoms with van der Waals surface area (Å²) in [6, 6.07) is 18.1. The number of rotatable bonds is 2. The van der Waals surface area contributed by atoms with Crippen molar-refractivity contribution < 1.29 is 19.6 Å². The number of allylic oxidation sites excluding steroid dienone is 2. The summed E-state index contributed by atoms with van der Waals surface area (Å²) >= 11 is 0. The molecule has 4 rings (SSSR count). The Bertz CT molecular complexity index is 1450. The molecule has 41 heavy (non-hydrogen) atoms. The summed E-state index contributed by atoms with van der Waals surface area (Å²) in [7, 11) is 0. The molecule has 5 nitrogen and oxygen atoms in total. The molecule has 0 heterocycles. The summed E-state index contributed by atoms with van der Waals surface area (Å²) < 4.78 is 0. The Morgan fingerprint density at radius 2 is 1.29 bits per heavy atom. The maximum Gasteiger partial charge on any atom is 0.278 e. The van der Waals surface area contributed by atoms with Gasteiger partial charge in [0.15, 0.2) is 17.3 Å². The first-order chi connectivity index (χ1) is 18.8. The van der Waals surface area contributed by atoms with Crippen LogP contribution in [0.25, 0.3) is 10.4 Å². The molecule has 216 valence electrons. The Balaban J connectivity index is 0.000000238. The summed E-state index contributed by atoms with van der Waals surface area (Å²) in [6.07, 6.45) is 1.56. The predicted molar refractivity (Wildman–Crippen MR) is 164 cm³/mol. The van der Waals surface area contributed by atoms with Gasteiger partial charge in [0, 0.05) is 22.8 Å². The minimum Gasteiger partial charge on any atom is -0.307 e. The van der Waals surface area contributed by atoms with Gasteiger partial charge in [0.25, 0.3) is 6.07 Å². The molecule has 0 spiro atoms. The minimum absolute atomic E-state index is 0.0139. The molecule has 0 unspecified atom stereocenters. The topological polar surface area (TPSA) is 79.4 Å². The maximum atomic E-state index is 12.5. The lowest BCUT2D eigenvalue weighted by atomic mass is 9.85. The van der Waals surface area contributed by atoms with Crippen LogP contribution >= 0.6 is 0 Å². The van der Waals surface area contributed by atoms with Crippen LogP contribution in [0.1, 0.15) is 116 Å². The molecule has 2 aliphatic carbocycles. The van der Waals surface area contributed by atoms with Gasteiger partial charge in [-0.3, -0.25) is 9.59 Å². The second-order valence-corrected chi connectivity index (χ2v) is 14.2. The average molecular weight is 554 g/mol.